The average molecular weight is 410 g/mol. The van der Waals surface area contributed by atoms with Crippen molar-refractivity contribution >= 4 is 18.1 Å². The third-order valence-corrected chi connectivity index (χ3v) is 4.17. The highest BCUT2D eigenvalue weighted by molar-refractivity contribution is 5.86. The van der Waals surface area contributed by atoms with Crippen LogP contribution in [0, 0.1) is 5.41 Å². The fourth-order valence-electron chi connectivity index (χ4n) is 2.62. The van der Waals surface area contributed by atoms with Gasteiger partial charge < -0.3 is 25.6 Å². The third kappa shape index (κ3) is 8.79. The molecule has 0 aliphatic carbocycles. The molecule has 0 aliphatic rings. The number of ether oxygens (including phenoxy) is 1. The fourth-order valence-corrected chi connectivity index (χ4v) is 2.62. The van der Waals surface area contributed by atoms with Crippen LogP contribution in [0.1, 0.15) is 26.3 Å². The summed E-state index contributed by atoms with van der Waals surface area (Å²) in [7, 11) is 1.20. The van der Waals surface area contributed by atoms with Crippen LogP contribution >= 0.6 is 0 Å². The van der Waals surface area contributed by atoms with Crippen LogP contribution in [-0.4, -0.2) is 60.1 Å². The highest BCUT2D eigenvalue weighted by Crippen LogP contribution is 2.19. The van der Waals surface area contributed by atoms with E-state index >= 15 is 0 Å². The number of hydrogen-bond acceptors (Lipinski definition) is 6. The molecule has 29 heavy (non-hydrogen) atoms. The van der Waals surface area contributed by atoms with Crippen LogP contribution in [0.15, 0.2) is 30.3 Å². The SMILES string of the molecule is COC(=O)N[C@H](C(=O)NNC[C@@H](O)[C@H](Cc1ccccc1)NC(=O)O)C(C)(C)C. The molecule has 6 N–H and O–H groups in total. The third-order valence-electron chi connectivity index (χ3n) is 4.17. The maximum atomic E-state index is 12.4. The fraction of sp³-hybridized carbons (Fsp3) is 0.526. The zero-order valence-electron chi connectivity index (χ0n) is 17.1. The quantitative estimate of drug-likeness (QED) is 0.327. The summed E-state index contributed by atoms with van der Waals surface area (Å²) in [6.07, 6.45) is -2.84. The molecule has 1 rings (SSSR count). The van der Waals surface area contributed by atoms with Gasteiger partial charge in [-0.05, 0) is 17.4 Å². The van der Waals surface area contributed by atoms with Crippen molar-refractivity contribution in [3.8, 4) is 0 Å². The largest absolute Gasteiger partial charge is 0.465 e. The Hall–Kier alpha value is -2.85. The number of amides is 3. The van der Waals surface area contributed by atoms with E-state index in [4.69, 9.17) is 5.11 Å². The Labute approximate surface area is 170 Å². The first-order valence-electron chi connectivity index (χ1n) is 9.13. The topological polar surface area (TPSA) is 149 Å². The molecule has 1 aromatic carbocycles. The molecule has 0 radical (unpaired) electrons. The van der Waals surface area contributed by atoms with Gasteiger partial charge in [-0.1, -0.05) is 51.1 Å². The first-order chi connectivity index (χ1) is 13.5. The van der Waals surface area contributed by atoms with Crippen LogP contribution in [0.4, 0.5) is 9.59 Å². The van der Waals surface area contributed by atoms with Gasteiger partial charge in [-0.25, -0.2) is 15.0 Å². The van der Waals surface area contributed by atoms with Gasteiger partial charge in [0.25, 0.3) is 5.91 Å². The first-order valence-corrected chi connectivity index (χ1v) is 9.13. The van der Waals surface area contributed by atoms with Crippen molar-refractivity contribution in [1.82, 2.24) is 21.5 Å². The molecule has 1 aromatic rings. The summed E-state index contributed by atoms with van der Waals surface area (Å²) in [4.78, 5) is 35.0. The number of rotatable bonds is 9. The maximum absolute atomic E-state index is 12.4. The molecule has 10 heteroatoms. The van der Waals surface area contributed by atoms with Crippen molar-refractivity contribution < 1.29 is 29.3 Å². The molecular weight excluding hydrogens is 380 g/mol. The number of hydrazine groups is 1. The number of carboxylic acid groups (broad SMARTS) is 1. The number of alkyl carbamates (subject to hydrolysis) is 1. The highest BCUT2D eigenvalue weighted by Gasteiger charge is 2.33. The second-order valence-electron chi connectivity index (χ2n) is 7.62. The number of carbonyl (C=O) groups is 3. The maximum Gasteiger partial charge on any atom is 0.407 e. The highest BCUT2D eigenvalue weighted by atomic mass is 16.5. The molecular formula is C19H30N4O6. The molecule has 10 nitrogen and oxygen atoms in total. The van der Waals surface area contributed by atoms with Crippen molar-refractivity contribution in [3.63, 3.8) is 0 Å². The number of benzene rings is 1. The number of nitrogens with one attached hydrogen (secondary N) is 4. The van der Waals surface area contributed by atoms with E-state index < -0.39 is 41.7 Å². The van der Waals surface area contributed by atoms with Gasteiger partial charge in [0.1, 0.15) is 6.04 Å². The van der Waals surface area contributed by atoms with Gasteiger partial charge in [-0.2, -0.15) is 0 Å². The van der Waals surface area contributed by atoms with Crippen molar-refractivity contribution in [2.45, 2.75) is 45.4 Å². The van der Waals surface area contributed by atoms with Gasteiger partial charge in [0.05, 0.1) is 19.3 Å². The second kappa shape index (κ2) is 11.2. The summed E-state index contributed by atoms with van der Waals surface area (Å²) < 4.78 is 4.54. The Morgan fingerprint density at radius 1 is 1.10 bits per heavy atom. The van der Waals surface area contributed by atoms with Gasteiger partial charge >= 0.3 is 12.2 Å². The molecule has 0 aliphatic heterocycles. The van der Waals surface area contributed by atoms with Crippen molar-refractivity contribution in [2.75, 3.05) is 13.7 Å². The number of hydrogen-bond donors (Lipinski definition) is 6. The van der Waals surface area contributed by atoms with Crippen LogP contribution in [-0.2, 0) is 16.0 Å². The molecule has 3 atom stereocenters. The van der Waals surface area contributed by atoms with Crippen LogP contribution < -0.4 is 21.5 Å². The predicted molar refractivity (Wildman–Crippen MR) is 106 cm³/mol. The van der Waals surface area contributed by atoms with Crippen LogP contribution in [0.5, 0.6) is 0 Å². The van der Waals surface area contributed by atoms with E-state index in [1.807, 2.05) is 30.3 Å². The lowest BCUT2D eigenvalue weighted by molar-refractivity contribution is -0.126. The molecule has 0 saturated carbocycles. The second-order valence-corrected chi connectivity index (χ2v) is 7.62. The molecule has 0 heterocycles. The summed E-state index contributed by atoms with van der Waals surface area (Å²) in [6.45, 7) is 5.21. The molecule has 3 amide bonds. The Morgan fingerprint density at radius 3 is 2.24 bits per heavy atom. The molecule has 0 fully saturated rings. The Morgan fingerprint density at radius 2 is 1.72 bits per heavy atom. The van der Waals surface area contributed by atoms with E-state index in [1.165, 1.54) is 7.11 Å². The van der Waals surface area contributed by atoms with Crippen LogP contribution in [0.2, 0.25) is 0 Å². The summed E-state index contributed by atoms with van der Waals surface area (Å²) in [6, 6.07) is 7.45. The zero-order valence-corrected chi connectivity index (χ0v) is 17.1. The Bertz CT molecular complexity index is 677. The van der Waals surface area contributed by atoms with Gasteiger partial charge in [-0.15, -0.1) is 0 Å². The lowest BCUT2D eigenvalue weighted by Gasteiger charge is -2.30. The minimum Gasteiger partial charge on any atom is -0.465 e. The lowest BCUT2D eigenvalue weighted by Crippen LogP contribution is -2.58. The Kier molecular flexibility index (Phi) is 9.36. The molecule has 0 aromatic heterocycles. The average Bonchev–Trinajstić information content (AvgIpc) is 2.64. The Balaban J connectivity index is 2.66. The van der Waals surface area contributed by atoms with E-state index in [0.29, 0.717) is 0 Å². The van der Waals surface area contributed by atoms with Gasteiger partial charge in [0.2, 0.25) is 0 Å². The number of carbonyl (C=O) groups excluding carboxylic acids is 2. The molecule has 0 saturated heterocycles. The summed E-state index contributed by atoms with van der Waals surface area (Å²) in [5.74, 6) is -0.527. The van der Waals surface area contributed by atoms with Crippen molar-refractivity contribution in [2.24, 2.45) is 5.41 Å². The van der Waals surface area contributed by atoms with E-state index in [2.05, 4.69) is 26.2 Å². The molecule has 162 valence electrons. The predicted octanol–water partition coefficient (Wildman–Crippen LogP) is 0.618. The standard InChI is InChI=1S/C19H30N4O6/c1-19(2,3)15(22-18(28)29-4)16(25)23-20-11-14(24)13(21-17(26)27)10-12-8-6-5-7-9-12/h5-9,13-15,20-21,24H,10-11H2,1-4H3,(H,22,28)(H,23,25)(H,26,27)/t13-,14+,15+/m0/s1. The summed E-state index contributed by atoms with van der Waals surface area (Å²) in [5, 5.41) is 24.2. The zero-order chi connectivity index (χ0) is 22.0. The minimum atomic E-state index is -1.26. The first kappa shape index (κ1) is 24.2. The van der Waals surface area contributed by atoms with Crippen molar-refractivity contribution in [3.05, 3.63) is 35.9 Å². The summed E-state index contributed by atoms with van der Waals surface area (Å²) in [5.41, 5.74) is 5.27. The number of aliphatic hydroxyl groups excluding tert-OH is 1. The van der Waals surface area contributed by atoms with E-state index in [1.54, 1.807) is 20.8 Å². The van der Waals surface area contributed by atoms with Crippen LogP contribution in [0.3, 0.4) is 0 Å². The number of aliphatic hydroxyl groups is 1. The van der Waals surface area contributed by atoms with Crippen LogP contribution in [0.25, 0.3) is 0 Å². The van der Waals surface area contributed by atoms with Gasteiger partial charge in [0, 0.05) is 6.54 Å². The summed E-state index contributed by atoms with van der Waals surface area (Å²) >= 11 is 0. The normalized spacial score (nSPS) is 14.2. The van der Waals surface area contributed by atoms with Gasteiger partial charge in [0.15, 0.2) is 0 Å². The van der Waals surface area contributed by atoms with Crippen molar-refractivity contribution in [1.29, 1.82) is 0 Å². The smallest absolute Gasteiger partial charge is 0.407 e. The van der Waals surface area contributed by atoms with E-state index in [-0.39, 0.29) is 13.0 Å². The lowest BCUT2D eigenvalue weighted by atomic mass is 9.86. The van der Waals surface area contributed by atoms with Gasteiger partial charge in [-0.3, -0.25) is 10.2 Å². The minimum absolute atomic E-state index is 0.112. The van der Waals surface area contributed by atoms with E-state index in [9.17, 15) is 19.5 Å². The molecule has 0 unspecified atom stereocenters. The van der Waals surface area contributed by atoms with E-state index in [0.717, 1.165) is 5.56 Å². The molecule has 0 bridgehead atoms. The monoisotopic (exact) mass is 410 g/mol. The molecule has 0 spiro atoms. The number of methoxy groups -OCH3 is 1.